The number of imidazole rings is 1. The number of nitrogens with zero attached hydrogens (tertiary/aromatic N) is 3. The molecular formula is C20H21N5O4. The summed E-state index contributed by atoms with van der Waals surface area (Å²) in [7, 11) is 3.23. The van der Waals surface area contributed by atoms with Crippen LogP contribution in [0.2, 0.25) is 0 Å². The third-order valence-corrected chi connectivity index (χ3v) is 5.02. The molecule has 9 nitrogen and oxygen atoms in total. The van der Waals surface area contributed by atoms with E-state index in [1.807, 2.05) is 34.9 Å². The van der Waals surface area contributed by atoms with E-state index in [0.717, 1.165) is 23.0 Å². The lowest BCUT2D eigenvalue weighted by molar-refractivity contribution is 0.297. The average Bonchev–Trinajstić information content (AvgIpc) is 2.92. The Bertz CT molecular complexity index is 1120. The van der Waals surface area contributed by atoms with Crippen molar-refractivity contribution in [3.05, 3.63) is 35.9 Å². The van der Waals surface area contributed by atoms with E-state index in [2.05, 4.69) is 10.3 Å². The van der Waals surface area contributed by atoms with Crippen molar-refractivity contribution in [1.29, 1.82) is 0 Å². The van der Waals surface area contributed by atoms with Gasteiger partial charge in [0.25, 0.3) is 0 Å². The smallest absolute Gasteiger partial charge is 0.212 e. The Morgan fingerprint density at radius 1 is 1.10 bits per heavy atom. The minimum atomic E-state index is -0.457. The van der Waals surface area contributed by atoms with E-state index < -0.39 is 6.17 Å². The molecular weight excluding hydrogens is 374 g/mol. The first-order valence-corrected chi connectivity index (χ1v) is 9.31. The van der Waals surface area contributed by atoms with Crippen LogP contribution in [0.5, 0.6) is 23.0 Å². The molecule has 0 saturated heterocycles. The van der Waals surface area contributed by atoms with Gasteiger partial charge in [-0.15, -0.1) is 0 Å². The van der Waals surface area contributed by atoms with Crippen LogP contribution in [0.3, 0.4) is 0 Å². The molecule has 29 heavy (non-hydrogen) atoms. The lowest BCUT2D eigenvalue weighted by Crippen LogP contribution is -2.31. The Morgan fingerprint density at radius 2 is 1.90 bits per heavy atom. The number of aliphatic imine (C=N–C) groups is 1. The van der Waals surface area contributed by atoms with Crippen LogP contribution in [0.25, 0.3) is 11.0 Å². The zero-order chi connectivity index (χ0) is 20.0. The lowest BCUT2D eigenvalue weighted by atomic mass is 10.1. The number of nitrogens with two attached hydrogens (primary N) is 1. The molecule has 5 rings (SSSR count). The third-order valence-electron chi connectivity index (χ3n) is 5.02. The number of rotatable bonds is 3. The van der Waals surface area contributed by atoms with Crippen LogP contribution < -0.4 is 30.0 Å². The summed E-state index contributed by atoms with van der Waals surface area (Å²) in [4.78, 5) is 9.32. The van der Waals surface area contributed by atoms with E-state index in [1.165, 1.54) is 0 Å². The normalized spacial score (nSPS) is 17.7. The summed E-state index contributed by atoms with van der Waals surface area (Å²) in [6.07, 6.45) is 0.382. The second-order valence-electron chi connectivity index (χ2n) is 6.76. The summed E-state index contributed by atoms with van der Waals surface area (Å²) in [5, 5.41) is 3.04. The number of anilines is 1. The van der Waals surface area contributed by atoms with Crippen LogP contribution in [-0.2, 0) is 0 Å². The Hall–Kier alpha value is -3.62. The number of nitrogens with one attached hydrogen (secondary N) is 1. The highest BCUT2D eigenvalue weighted by Gasteiger charge is 2.29. The minimum absolute atomic E-state index is 0.282. The van der Waals surface area contributed by atoms with Gasteiger partial charge in [-0.1, -0.05) is 0 Å². The molecule has 0 radical (unpaired) electrons. The van der Waals surface area contributed by atoms with Crippen LogP contribution in [0.1, 0.15) is 18.2 Å². The molecule has 2 aromatic carbocycles. The van der Waals surface area contributed by atoms with Crippen LogP contribution in [0.15, 0.2) is 35.3 Å². The predicted octanol–water partition coefficient (Wildman–Crippen LogP) is 2.50. The first kappa shape index (κ1) is 17.5. The molecule has 0 spiro atoms. The molecule has 1 atom stereocenters. The van der Waals surface area contributed by atoms with Gasteiger partial charge in [0.2, 0.25) is 5.95 Å². The quantitative estimate of drug-likeness (QED) is 0.702. The van der Waals surface area contributed by atoms with Gasteiger partial charge < -0.3 is 24.7 Å². The van der Waals surface area contributed by atoms with Crippen LogP contribution in [0.4, 0.5) is 5.95 Å². The van der Waals surface area contributed by atoms with Gasteiger partial charge in [-0.05, 0) is 12.1 Å². The molecule has 150 valence electrons. The lowest BCUT2D eigenvalue weighted by Gasteiger charge is -2.25. The van der Waals surface area contributed by atoms with Gasteiger partial charge in [0, 0.05) is 30.2 Å². The van der Waals surface area contributed by atoms with Gasteiger partial charge in [-0.2, -0.15) is 0 Å². The van der Waals surface area contributed by atoms with Crippen LogP contribution in [-0.4, -0.2) is 42.9 Å². The van der Waals surface area contributed by atoms with Crippen molar-refractivity contribution >= 4 is 22.9 Å². The van der Waals surface area contributed by atoms with E-state index in [-0.39, 0.29) is 5.96 Å². The molecule has 0 bridgehead atoms. The Kier molecular flexibility index (Phi) is 4.08. The van der Waals surface area contributed by atoms with Crippen LogP contribution >= 0.6 is 0 Å². The molecule has 3 N–H and O–H groups in total. The van der Waals surface area contributed by atoms with E-state index in [1.54, 1.807) is 14.2 Å². The summed E-state index contributed by atoms with van der Waals surface area (Å²) >= 11 is 0. The predicted molar refractivity (Wildman–Crippen MR) is 108 cm³/mol. The highest BCUT2D eigenvalue weighted by atomic mass is 16.5. The maximum absolute atomic E-state index is 6.06. The number of aromatic nitrogens is 2. The fourth-order valence-electron chi connectivity index (χ4n) is 3.66. The molecule has 9 heteroatoms. The van der Waals surface area contributed by atoms with Crippen molar-refractivity contribution in [1.82, 2.24) is 9.55 Å². The Balaban J connectivity index is 1.70. The van der Waals surface area contributed by atoms with Crippen molar-refractivity contribution in [2.24, 2.45) is 10.7 Å². The standard InChI is InChI=1S/C20H21N5O4/c1-26-11-4-5-12(15(8-11)27-2)18-23-19(21)24-20-22-13-9-16-17(10-14(13)25(18)20)29-7-3-6-28-16/h4-5,8-10,18H,3,6-7H2,1-2H3,(H3,21,22,23,24). The maximum Gasteiger partial charge on any atom is 0.212 e. The van der Waals surface area contributed by atoms with Crippen molar-refractivity contribution in [3.63, 3.8) is 0 Å². The van der Waals surface area contributed by atoms with Crippen molar-refractivity contribution < 1.29 is 18.9 Å². The molecule has 2 aliphatic rings. The number of ether oxygens (including phenoxy) is 4. The largest absolute Gasteiger partial charge is 0.497 e. The molecule has 0 amide bonds. The zero-order valence-corrected chi connectivity index (χ0v) is 16.1. The molecule has 0 fully saturated rings. The number of methoxy groups -OCH3 is 2. The van der Waals surface area contributed by atoms with Crippen molar-refractivity contribution in [2.75, 3.05) is 32.8 Å². The highest BCUT2D eigenvalue weighted by molar-refractivity contribution is 5.95. The van der Waals surface area contributed by atoms with Gasteiger partial charge in [0.05, 0.1) is 38.5 Å². The van der Waals surface area contributed by atoms with Crippen molar-refractivity contribution in [2.45, 2.75) is 12.6 Å². The van der Waals surface area contributed by atoms with Gasteiger partial charge in [0.1, 0.15) is 11.5 Å². The summed E-state index contributed by atoms with van der Waals surface area (Å²) in [5.74, 6) is 3.61. The summed E-state index contributed by atoms with van der Waals surface area (Å²) in [5.41, 5.74) is 8.52. The Morgan fingerprint density at radius 3 is 2.66 bits per heavy atom. The maximum atomic E-state index is 6.06. The fraction of sp³-hybridized carbons (Fsp3) is 0.300. The van der Waals surface area contributed by atoms with Gasteiger partial charge >= 0.3 is 0 Å². The first-order valence-electron chi connectivity index (χ1n) is 9.31. The van der Waals surface area contributed by atoms with Gasteiger partial charge in [-0.25, -0.2) is 9.98 Å². The molecule has 0 saturated carbocycles. The number of hydrogen-bond acceptors (Lipinski definition) is 8. The third kappa shape index (κ3) is 2.86. The van der Waals surface area contributed by atoms with Gasteiger partial charge in [-0.3, -0.25) is 9.88 Å². The highest BCUT2D eigenvalue weighted by Crippen LogP contribution is 2.41. The summed E-state index contributed by atoms with van der Waals surface area (Å²) < 4.78 is 24.6. The van der Waals surface area contributed by atoms with Crippen molar-refractivity contribution in [3.8, 4) is 23.0 Å². The average molecular weight is 395 g/mol. The molecule has 1 aromatic heterocycles. The second kappa shape index (κ2) is 6.77. The van der Waals surface area contributed by atoms with E-state index in [0.29, 0.717) is 42.2 Å². The zero-order valence-electron chi connectivity index (χ0n) is 16.1. The minimum Gasteiger partial charge on any atom is -0.497 e. The molecule has 0 aliphatic carbocycles. The molecule has 3 aromatic rings. The fourth-order valence-corrected chi connectivity index (χ4v) is 3.66. The van der Waals surface area contributed by atoms with E-state index in [9.17, 15) is 0 Å². The number of benzene rings is 2. The SMILES string of the molecule is COc1ccc(C2N=C(N)Nc3nc4cc5c(cc4n32)OCCCO5)c(OC)c1. The molecule has 3 heterocycles. The van der Waals surface area contributed by atoms with E-state index in [4.69, 9.17) is 29.7 Å². The molecule has 2 aliphatic heterocycles. The summed E-state index contributed by atoms with van der Waals surface area (Å²) in [6.45, 7) is 1.23. The monoisotopic (exact) mass is 395 g/mol. The summed E-state index contributed by atoms with van der Waals surface area (Å²) in [6, 6.07) is 9.44. The van der Waals surface area contributed by atoms with Crippen LogP contribution in [0, 0.1) is 0 Å². The Labute approximate surface area is 167 Å². The number of hydrogen-bond donors (Lipinski definition) is 2. The van der Waals surface area contributed by atoms with Gasteiger partial charge in [0.15, 0.2) is 23.6 Å². The second-order valence-corrected chi connectivity index (χ2v) is 6.76. The van der Waals surface area contributed by atoms with E-state index >= 15 is 0 Å². The number of guanidine groups is 1. The number of fused-ring (bicyclic) bond motifs is 4. The molecule has 1 unspecified atom stereocenters. The first-order chi connectivity index (χ1) is 14.2. The topological polar surface area (TPSA) is 105 Å².